The molecule has 0 unspecified atom stereocenters. The number of hydrogen-bond acceptors (Lipinski definition) is 3. The van der Waals surface area contributed by atoms with Gasteiger partial charge in [-0.1, -0.05) is 29.8 Å². The van der Waals surface area contributed by atoms with Crippen molar-refractivity contribution in [3.05, 3.63) is 53.3 Å². The zero-order chi connectivity index (χ0) is 18.0. The van der Waals surface area contributed by atoms with Crippen LogP contribution in [0.15, 0.2) is 42.5 Å². The maximum absolute atomic E-state index is 14.3. The smallest absolute Gasteiger partial charge is 0.415 e. The molecule has 2 aromatic carbocycles. The molecule has 1 atom stereocenters. The summed E-state index contributed by atoms with van der Waals surface area (Å²) in [6.07, 6.45) is 1.14. The number of hydrogen-bond donors (Lipinski definition) is 0. The summed E-state index contributed by atoms with van der Waals surface area (Å²) in [5.41, 5.74) is 1.50. The van der Waals surface area contributed by atoms with Crippen LogP contribution < -0.4 is 4.90 Å². The Kier molecular flexibility index (Phi) is 5.25. The van der Waals surface area contributed by atoms with Gasteiger partial charge in [0.05, 0.1) is 5.69 Å². The first kappa shape index (κ1) is 17.7. The number of para-hydroxylation sites is 1. The van der Waals surface area contributed by atoms with Crippen LogP contribution in [0.1, 0.15) is 12.8 Å². The first-order valence-electron chi connectivity index (χ1n) is 8.16. The van der Waals surface area contributed by atoms with Gasteiger partial charge in [0, 0.05) is 29.7 Å². The van der Waals surface area contributed by atoms with Crippen LogP contribution in [0.25, 0.3) is 11.1 Å². The summed E-state index contributed by atoms with van der Waals surface area (Å²) in [6, 6.07) is 11.5. The molecule has 4 nitrogen and oxygen atoms in total. The maximum atomic E-state index is 14.3. The highest BCUT2D eigenvalue weighted by Crippen LogP contribution is 2.34. The standard InChI is InChI=1S/C19H20ClFN2O2/c1-22-11-5-8-18(22)25-19(24)23(2)17-7-4-3-6-14(17)15-12-13(20)9-10-16(15)21/h3-4,6-7,9-10,12,18H,5,8,11H2,1-2H3/t18-/m0/s1. The van der Waals surface area contributed by atoms with E-state index in [0.29, 0.717) is 21.8 Å². The van der Waals surface area contributed by atoms with Crippen LogP contribution in [0, 0.1) is 5.82 Å². The fourth-order valence-electron chi connectivity index (χ4n) is 3.02. The number of benzene rings is 2. The molecule has 2 aromatic rings. The van der Waals surface area contributed by atoms with E-state index in [1.807, 2.05) is 11.9 Å². The average Bonchev–Trinajstić information content (AvgIpc) is 3.01. The summed E-state index contributed by atoms with van der Waals surface area (Å²) in [6.45, 7) is 0.909. The zero-order valence-electron chi connectivity index (χ0n) is 14.2. The monoisotopic (exact) mass is 362 g/mol. The molecule has 1 amide bonds. The summed E-state index contributed by atoms with van der Waals surface area (Å²) in [4.78, 5) is 16.0. The van der Waals surface area contributed by atoms with Gasteiger partial charge in [0.25, 0.3) is 0 Å². The molecule has 132 valence electrons. The van der Waals surface area contributed by atoms with Crippen LogP contribution in [-0.2, 0) is 4.74 Å². The van der Waals surface area contributed by atoms with Crippen molar-refractivity contribution in [2.24, 2.45) is 0 Å². The molecule has 0 saturated carbocycles. The third kappa shape index (κ3) is 3.78. The molecular weight excluding hydrogens is 343 g/mol. The van der Waals surface area contributed by atoms with E-state index in [9.17, 15) is 9.18 Å². The van der Waals surface area contributed by atoms with E-state index in [1.165, 1.54) is 17.0 Å². The lowest BCUT2D eigenvalue weighted by Crippen LogP contribution is -2.36. The number of ether oxygens (including phenoxy) is 1. The first-order chi connectivity index (χ1) is 12.0. The number of amides is 1. The van der Waals surface area contributed by atoms with Gasteiger partial charge in [-0.3, -0.25) is 9.80 Å². The second-order valence-corrected chi connectivity index (χ2v) is 6.60. The van der Waals surface area contributed by atoms with Crippen molar-refractivity contribution in [3.8, 4) is 11.1 Å². The van der Waals surface area contributed by atoms with E-state index in [1.54, 1.807) is 37.4 Å². The summed E-state index contributed by atoms with van der Waals surface area (Å²) in [5, 5.41) is 0.434. The van der Waals surface area contributed by atoms with Crippen molar-refractivity contribution in [1.29, 1.82) is 0 Å². The molecule has 1 saturated heterocycles. The second kappa shape index (κ2) is 7.42. The van der Waals surface area contributed by atoms with Crippen molar-refractivity contribution >= 4 is 23.4 Å². The molecule has 0 spiro atoms. The van der Waals surface area contributed by atoms with Gasteiger partial charge in [0.15, 0.2) is 6.23 Å². The number of likely N-dealkylation sites (tertiary alicyclic amines) is 1. The highest BCUT2D eigenvalue weighted by atomic mass is 35.5. The molecule has 1 heterocycles. The normalized spacial score (nSPS) is 17.5. The highest BCUT2D eigenvalue weighted by molar-refractivity contribution is 6.30. The molecule has 0 radical (unpaired) electrons. The first-order valence-corrected chi connectivity index (χ1v) is 8.54. The average molecular weight is 363 g/mol. The van der Waals surface area contributed by atoms with Crippen molar-refractivity contribution in [1.82, 2.24) is 4.90 Å². The van der Waals surface area contributed by atoms with E-state index in [-0.39, 0.29) is 6.23 Å². The van der Waals surface area contributed by atoms with Gasteiger partial charge < -0.3 is 4.74 Å². The number of carbonyl (C=O) groups excluding carboxylic acids is 1. The summed E-state index contributed by atoms with van der Waals surface area (Å²) in [7, 11) is 3.55. The largest absolute Gasteiger partial charge is 0.430 e. The number of nitrogens with zero attached hydrogens (tertiary/aromatic N) is 2. The van der Waals surface area contributed by atoms with Crippen LogP contribution in [0.3, 0.4) is 0 Å². The lowest BCUT2D eigenvalue weighted by molar-refractivity contribution is 0.0315. The zero-order valence-corrected chi connectivity index (χ0v) is 15.0. The third-order valence-electron chi connectivity index (χ3n) is 4.45. The highest BCUT2D eigenvalue weighted by Gasteiger charge is 2.27. The molecule has 0 aliphatic carbocycles. The molecule has 0 N–H and O–H groups in total. The van der Waals surface area contributed by atoms with Gasteiger partial charge in [-0.25, -0.2) is 9.18 Å². The predicted octanol–water partition coefficient (Wildman–Crippen LogP) is 4.77. The fourth-order valence-corrected chi connectivity index (χ4v) is 3.19. The summed E-state index contributed by atoms with van der Waals surface area (Å²) < 4.78 is 19.9. The number of carbonyl (C=O) groups is 1. The summed E-state index contributed by atoms with van der Waals surface area (Å²) >= 11 is 6.01. The van der Waals surface area contributed by atoms with Gasteiger partial charge in [0.1, 0.15) is 5.82 Å². The Hall–Kier alpha value is -2.11. The van der Waals surface area contributed by atoms with Crippen molar-refractivity contribution < 1.29 is 13.9 Å². The Bertz CT molecular complexity index is 784. The number of rotatable bonds is 3. The van der Waals surface area contributed by atoms with Gasteiger partial charge in [-0.15, -0.1) is 0 Å². The van der Waals surface area contributed by atoms with E-state index in [0.717, 1.165) is 19.4 Å². The molecule has 6 heteroatoms. The Labute approximate surface area is 151 Å². The minimum Gasteiger partial charge on any atom is -0.430 e. The topological polar surface area (TPSA) is 32.8 Å². The second-order valence-electron chi connectivity index (χ2n) is 6.16. The molecule has 0 bridgehead atoms. The van der Waals surface area contributed by atoms with Crippen LogP contribution >= 0.6 is 11.6 Å². The molecule has 1 aliphatic rings. The van der Waals surface area contributed by atoms with Gasteiger partial charge in [0.2, 0.25) is 0 Å². The van der Waals surface area contributed by atoms with E-state index >= 15 is 0 Å². The molecule has 0 aromatic heterocycles. The Morgan fingerprint density at radius 2 is 2.04 bits per heavy atom. The van der Waals surface area contributed by atoms with Crippen LogP contribution in [-0.4, -0.2) is 37.9 Å². The Morgan fingerprint density at radius 1 is 1.28 bits per heavy atom. The van der Waals surface area contributed by atoms with Gasteiger partial charge in [-0.05, 0) is 44.2 Å². The SMILES string of the molecule is CN(C(=O)O[C@H]1CCCN1C)c1ccccc1-c1cc(Cl)ccc1F. The predicted molar refractivity (Wildman–Crippen MR) is 97.4 cm³/mol. The number of halogens is 2. The Morgan fingerprint density at radius 3 is 2.76 bits per heavy atom. The summed E-state index contributed by atoms with van der Waals surface area (Å²) in [5.74, 6) is -0.394. The molecule has 25 heavy (non-hydrogen) atoms. The van der Waals surface area contributed by atoms with Crippen LogP contribution in [0.5, 0.6) is 0 Å². The van der Waals surface area contributed by atoms with Gasteiger partial charge in [-0.2, -0.15) is 0 Å². The van der Waals surface area contributed by atoms with E-state index in [4.69, 9.17) is 16.3 Å². The lowest BCUT2D eigenvalue weighted by Gasteiger charge is -2.25. The van der Waals surface area contributed by atoms with Gasteiger partial charge >= 0.3 is 6.09 Å². The lowest BCUT2D eigenvalue weighted by atomic mass is 10.0. The minimum atomic E-state index is -0.464. The number of anilines is 1. The van der Waals surface area contributed by atoms with Crippen LogP contribution in [0.2, 0.25) is 5.02 Å². The Balaban J connectivity index is 1.89. The quantitative estimate of drug-likeness (QED) is 0.788. The maximum Gasteiger partial charge on any atom is 0.415 e. The molecule has 3 rings (SSSR count). The third-order valence-corrected chi connectivity index (χ3v) is 4.68. The van der Waals surface area contributed by atoms with Crippen molar-refractivity contribution in [2.75, 3.05) is 25.5 Å². The van der Waals surface area contributed by atoms with Crippen LogP contribution in [0.4, 0.5) is 14.9 Å². The molecule has 1 aliphatic heterocycles. The molecular formula is C19H20ClFN2O2. The van der Waals surface area contributed by atoms with E-state index in [2.05, 4.69) is 0 Å². The minimum absolute atomic E-state index is 0.218. The van der Waals surface area contributed by atoms with Crippen molar-refractivity contribution in [3.63, 3.8) is 0 Å². The molecule has 1 fully saturated rings. The fraction of sp³-hybridized carbons (Fsp3) is 0.316. The van der Waals surface area contributed by atoms with E-state index < -0.39 is 11.9 Å². The van der Waals surface area contributed by atoms with Crippen molar-refractivity contribution in [2.45, 2.75) is 19.1 Å².